The molecule has 1 N–H and O–H groups in total. The Kier molecular flexibility index (Phi) is 4.91. The zero-order chi connectivity index (χ0) is 13.7. The van der Waals surface area contributed by atoms with Crippen molar-refractivity contribution in [1.29, 1.82) is 0 Å². The number of carboxylic acids is 1. The largest absolute Gasteiger partial charge is 0.481 e. The number of nitrogens with zero attached hydrogens (tertiary/aromatic N) is 1. The summed E-state index contributed by atoms with van der Waals surface area (Å²) in [5.41, 5.74) is 0.721. The van der Waals surface area contributed by atoms with Gasteiger partial charge in [-0.2, -0.15) is 0 Å². The van der Waals surface area contributed by atoms with Gasteiger partial charge in [0.2, 0.25) is 0 Å². The zero-order valence-electron chi connectivity index (χ0n) is 11.0. The average molecular weight is 265 g/mol. The highest BCUT2D eigenvalue weighted by atomic mass is 19.1. The number of hydrogen-bond donors (Lipinski definition) is 1. The topological polar surface area (TPSA) is 40.5 Å². The van der Waals surface area contributed by atoms with Crippen molar-refractivity contribution in [1.82, 2.24) is 4.90 Å². The summed E-state index contributed by atoms with van der Waals surface area (Å²) in [6.45, 7) is 2.39. The van der Waals surface area contributed by atoms with Gasteiger partial charge in [0, 0.05) is 18.5 Å². The van der Waals surface area contributed by atoms with E-state index in [-0.39, 0.29) is 18.2 Å². The van der Waals surface area contributed by atoms with Crippen molar-refractivity contribution in [2.24, 2.45) is 5.92 Å². The second-order valence-corrected chi connectivity index (χ2v) is 5.26. The molecule has 4 heteroatoms. The van der Waals surface area contributed by atoms with E-state index >= 15 is 0 Å². The Bertz CT molecular complexity index is 436. The zero-order valence-corrected chi connectivity index (χ0v) is 11.0. The molecule has 2 rings (SSSR count). The summed E-state index contributed by atoms with van der Waals surface area (Å²) in [6, 6.07) is 6.85. The number of carbonyl (C=O) groups is 1. The van der Waals surface area contributed by atoms with Crippen molar-refractivity contribution in [3.05, 3.63) is 35.6 Å². The molecule has 0 aromatic heterocycles. The van der Waals surface area contributed by atoms with Gasteiger partial charge in [-0.05, 0) is 44.3 Å². The number of carboxylic acid groups (broad SMARTS) is 1. The van der Waals surface area contributed by atoms with Gasteiger partial charge in [-0.25, -0.2) is 4.39 Å². The van der Waals surface area contributed by atoms with Crippen LogP contribution in [0.15, 0.2) is 24.3 Å². The van der Waals surface area contributed by atoms with E-state index in [1.165, 1.54) is 6.07 Å². The van der Waals surface area contributed by atoms with Gasteiger partial charge in [0.15, 0.2) is 0 Å². The Balaban J connectivity index is 1.89. The van der Waals surface area contributed by atoms with Gasteiger partial charge in [0.05, 0.1) is 0 Å². The molecule has 0 saturated carbocycles. The molecular formula is C15H20FNO2. The molecule has 1 aliphatic rings. The molecule has 1 atom stereocenters. The summed E-state index contributed by atoms with van der Waals surface area (Å²) in [5, 5.41) is 8.83. The molecule has 1 heterocycles. The van der Waals surface area contributed by atoms with Crippen molar-refractivity contribution in [2.75, 3.05) is 13.1 Å². The molecule has 1 fully saturated rings. The van der Waals surface area contributed by atoms with Gasteiger partial charge in [-0.3, -0.25) is 9.69 Å². The van der Waals surface area contributed by atoms with Gasteiger partial charge < -0.3 is 5.11 Å². The molecule has 19 heavy (non-hydrogen) atoms. The van der Waals surface area contributed by atoms with Gasteiger partial charge in [0.25, 0.3) is 0 Å². The third kappa shape index (κ3) is 4.31. The van der Waals surface area contributed by atoms with Gasteiger partial charge in [-0.15, -0.1) is 0 Å². The molecule has 0 aliphatic carbocycles. The van der Waals surface area contributed by atoms with Crippen molar-refractivity contribution >= 4 is 5.97 Å². The summed E-state index contributed by atoms with van der Waals surface area (Å²) in [6.07, 6.45) is 3.10. The number of rotatable bonds is 4. The lowest BCUT2D eigenvalue weighted by Gasteiger charge is -2.20. The highest BCUT2D eigenvalue weighted by Crippen LogP contribution is 2.22. The van der Waals surface area contributed by atoms with E-state index in [2.05, 4.69) is 4.90 Å². The van der Waals surface area contributed by atoms with Crippen LogP contribution >= 0.6 is 0 Å². The van der Waals surface area contributed by atoms with Gasteiger partial charge in [-0.1, -0.05) is 18.2 Å². The predicted octanol–water partition coefficient (Wildman–Crippen LogP) is 2.90. The minimum Gasteiger partial charge on any atom is -0.481 e. The highest BCUT2D eigenvalue weighted by Gasteiger charge is 2.19. The van der Waals surface area contributed by atoms with E-state index < -0.39 is 5.97 Å². The fourth-order valence-electron chi connectivity index (χ4n) is 2.70. The van der Waals surface area contributed by atoms with E-state index in [0.29, 0.717) is 6.54 Å². The van der Waals surface area contributed by atoms with E-state index in [1.54, 1.807) is 6.07 Å². The first-order valence-electron chi connectivity index (χ1n) is 6.82. The second-order valence-electron chi connectivity index (χ2n) is 5.26. The fourth-order valence-corrected chi connectivity index (χ4v) is 2.70. The number of hydrogen-bond acceptors (Lipinski definition) is 2. The summed E-state index contributed by atoms with van der Waals surface area (Å²) < 4.78 is 13.6. The van der Waals surface area contributed by atoms with Crippen LogP contribution in [0, 0.1) is 11.7 Å². The Morgan fingerprint density at radius 3 is 2.84 bits per heavy atom. The van der Waals surface area contributed by atoms with E-state index in [1.807, 2.05) is 12.1 Å². The lowest BCUT2D eigenvalue weighted by molar-refractivity contribution is -0.138. The van der Waals surface area contributed by atoms with Crippen LogP contribution < -0.4 is 0 Å². The monoisotopic (exact) mass is 265 g/mol. The first-order chi connectivity index (χ1) is 9.15. The Hall–Kier alpha value is -1.42. The number of likely N-dealkylation sites (tertiary alicyclic amines) is 1. The van der Waals surface area contributed by atoms with Crippen LogP contribution in [0.4, 0.5) is 4.39 Å². The minimum absolute atomic E-state index is 0.158. The van der Waals surface area contributed by atoms with Crippen molar-refractivity contribution in [3.8, 4) is 0 Å². The molecule has 104 valence electrons. The van der Waals surface area contributed by atoms with Gasteiger partial charge in [0.1, 0.15) is 5.82 Å². The van der Waals surface area contributed by atoms with Crippen LogP contribution in [0.25, 0.3) is 0 Å². The molecule has 0 spiro atoms. The number of benzene rings is 1. The maximum Gasteiger partial charge on any atom is 0.303 e. The minimum atomic E-state index is -0.715. The first kappa shape index (κ1) is 14.0. The summed E-state index contributed by atoms with van der Waals surface area (Å²) in [5.74, 6) is -0.607. The maximum atomic E-state index is 13.6. The SMILES string of the molecule is O=C(O)C[C@@H]1CCCN(Cc2ccccc2F)CC1. The average Bonchev–Trinajstić information content (AvgIpc) is 2.57. The maximum absolute atomic E-state index is 13.6. The predicted molar refractivity (Wildman–Crippen MR) is 71.3 cm³/mol. The smallest absolute Gasteiger partial charge is 0.303 e. The molecule has 0 radical (unpaired) electrons. The van der Waals surface area contributed by atoms with Crippen molar-refractivity contribution < 1.29 is 14.3 Å². The van der Waals surface area contributed by atoms with Crippen LogP contribution in [-0.2, 0) is 11.3 Å². The van der Waals surface area contributed by atoms with Crippen molar-refractivity contribution in [3.63, 3.8) is 0 Å². The standard InChI is InChI=1S/C15H20FNO2/c16-14-6-2-1-5-13(14)11-17-8-3-4-12(7-9-17)10-15(18)19/h1-2,5-6,12H,3-4,7-11H2,(H,18,19)/t12-/m1/s1. The van der Waals surface area contributed by atoms with Crippen LogP contribution in [0.1, 0.15) is 31.2 Å². The summed E-state index contributed by atoms with van der Waals surface area (Å²) in [7, 11) is 0. The van der Waals surface area contributed by atoms with Crippen molar-refractivity contribution in [2.45, 2.75) is 32.2 Å². The lowest BCUT2D eigenvalue weighted by Crippen LogP contribution is -2.25. The number of halogens is 1. The van der Waals surface area contributed by atoms with Crippen LogP contribution in [0.2, 0.25) is 0 Å². The molecule has 0 unspecified atom stereocenters. The molecule has 0 amide bonds. The normalized spacial score (nSPS) is 21.0. The molecule has 0 bridgehead atoms. The third-order valence-corrected chi connectivity index (χ3v) is 3.76. The Morgan fingerprint density at radius 1 is 1.32 bits per heavy atom. The first-order valence-corrected chi connectivity index (χ1v) is 6.82. The fraction of sp³-hybridized carbons (Fsp3) is 0.533. The molecule has 1 aliphatic heterocycles. The summed E-state index contributed by atoms with van der Waals surface area (Å²) in [4.78, 5) is 13.0. The quantitative estimate of drug-likeness (QED) is 0.910. The lowest BCUT2D eigenvalue weighted by atomic mass is 9.97. The Morgan fingerprint density at radius 2 is 2.11 bits per heavy atom. The van der Waals surface area contributed by atoms with Crippen LogP contribution in [0.5, 0.6) is 0 Å². The molecule has 3 nitrogen and oxygen atoms in total. The van der Waals surface area contributed by atoms with E-state index in [9.17, 15) is 9.18 Å². The molecular weight excluding hydrogens is 245 g/mol. The Labute approximate surface area is 113 Å². The van der Waals surface area contributed by atoms with Crippen LogP contribution in [0.3, 0.4) is 0 Å². The van der Waals surface area contributed by atoms with E-state index in [4.69, 9.17) is 5.11 Å². The highest BCUT2D eigenvalue weighted by molar-refractivity contribution is 5.67. The van der Waals surface area contributed by atoms with Gasteiger partial charge >= 0.3 is 5.97 Å². The van der Waals surface area contributed by atoms with Crippen LogP contribution in [-0.4, -0.2) is 29.1 Å². The number of aliphatic carboxylic acids is 1. The third-order valence-electron chi connectivity index (χ3n) is 3.76. The summed E-state index contributed by atoms with van der Waals surface area (Å²) >= 11 is 0. The molecule has 1 saturated heterocycles. The molecule has 1 aromatic rings. The second kappa shape index (κ2) is 6.66. The molecule has 1 aromatic carbocycles. The van der Waals surface area contributed by atoms with E-state index in [0.717, 1.165) is 37.9 Å².